The van der Waals surface area contributed by atoms with Gasteiger partial charge >= 0.3 is 0 Å². The summed E-state index contributed by atoms with van der Waals surface area (Å²) in [6, 6.07) is 16.8. The Labute approximate surface area is 242 Å². The van der Waals surface area contributed by atoms with Gasteiger partial charge in [0, 0.05) is 18.7 Å². The first-order chi connectivity index (χ1) is 19.6. The van der Waals surface area contributed by atoms with E-state index in [1.54, 1.807) is 12.1 Å². The molecule has 0 aromatic heterocycles. The van der Waals surface area contributed by atoms with Crippen molar-refractivity contribution >= 4 is 21.6 Å². The van der Waals surface area contributed by atoms with Crippen LogP contribution < -0.4 is 33.3 Å². The van der Waals surface area contributed by atoms with Crippen LogP contribution in [0.2, 0.25) is 0 Å². The molecule has 0 spiro atoms. The number of carbonyl (C=O) groups is 1. The molecule has 0 unspecified atom stereocenters. The zero-order valence-electron chi connectivity index (χ0n) is 24.3. The van der Waals surface area contributed by atoms with Gasteiger partial charge in [-0.05, 0) is 68.7 Å². The third kappa shape index (κ3) is 8.20. The summed E-state index contributed by atoms with van der Waals surface area (Å²) >= 11 is 0. The van der Waals surface area contributed by atoms with Gasteiger partial charge in [0.1, 0.15) is 23.8 Å². The summed E-state index contributed by atoms with van der Waals surface area (Å²) in [6.07, 6.45) is 1.50. The van der Waals surface area contributed by atoms with Crippen LogP contribution in [0.1, 0.15) is 25.8 Å². The van der Waals surface area contributed by atoms with Crippen LogP contribution in [-0.4, -0.2) is 62.0 Å². The van der Waals surface area contributed by atoms with Crippen molar-refractivity contribution in [2.45, 2.75) is 37.7 Å². The molecule has 11 heteroatoms. The highest BCUT2D eigenvalue weighted by Crippen LogP contribution is 2.37. The summed E-state index contributed by atoms with van der Waals surface area (Å²) in [6.45, 7) is 3.83. The van der Waals surface area contributed by atoms with Crippen LogP contribution in [0.25, 0.3) is 0 Å². The Bertz CT molecular complexity index is 1410. The maximum Gasteiger partial charge on any atom is 0.265 e. The third-order valence-electron chi connectivity index (χ3n) is 6.14. The van der Waals surface area contributed by atoms with Crippen LogP contribution in [0, 0.1) is 0 Å². The second kappa shape index (κ2) is 14.5. The first-order valence-corrected chi connectivity index (χ1v) is 14.6. The number of carbonyl (C=O) groups excluding carboxylic acids is 1. The smallest absolute Gasteiger partial charge is 0.265 e. The number of rotatable bonds is 15. The average molecular weight is 587 g/mol. The molecule has 0 heterocycles. The molecule has 0 saturated carbocycles. The van der Waals surface area contributed by atoms with E-state index < -0.39 is 22.5 Å². The largest absolute Gasteiger partial charge is 0.497 e. The summed E-state index contributed by atoms with van der Waals surface area (Å²) in [7, 11) is 1.51. The van der Waals surface area contributed by atoms with E-state index in [2.05, 4.69) is 5.32 Å². The van der Waals surface area contributed by atoms with Gasteiger partial charge in [-0.25, -0.2) is 8.42 Å². The number of nitrogens with one attached hydrogen (secondary N) is 1. The van der Waals surface area contributed by atoms with Gasteiger partial charge in [0.15, 0.2) is 11.5 Å². The Morgan fingerprint density at radius 2 is 1.44 bits per heavy atom. The average Bonchev–Trinajstić information content (AvgIpc) is 2.97. The monoisotopic (exact) mass is 586 g/mol. The number of anilines is 1. The lowest BCUT2D eigenvalue weighted by molar-refractivity contribution is -0.119. The SMILES string of the molecule is COc1ccc(OC)c(N(CC(=O)NCCCc2ccc(OC(C)C)cc2)S(=O)(=O)c2ccc(OC)c(OC)c2)c1. The number of ether oxygens (including phenoxy) is 5. The van der Waals surface area contributed by atoms with E-state index in [-0.39, 0.29) is 28.2 Å². The highest BCUT2D eigenvalue weighted by Gasteiger charge is 2.31. The number of aryl methyl sites for hydroxylation is 1. The molecule has 0 atom stereocenters. The van der Waals surface area contributed by atoms with E-state index in [1.807, 2.05) is 38.1 Å². The van der Waals surface area contributed by atoms with Gasteiger partial charge < -0.3 is 29.0 Å². The number of hydrogen-bond donors (Lipinski definition) is 1. The Balaban J connectivity index is 1.80. The second-order valence-electron chi connectivity index (χ2n) is 9.33. The number of benzene rings is 3. The fraction of sp³-hybridized carbons (Fsp3) is 0.367. The van der Waals surface area contributed by atoms with Gasteiger partial charge in [-0.1, -0.05) is 12.1 Å². The van der Waals surface area contributed by atoms with Crippen LogP contribution in [0.5, 0.6) is 28.7 Å². The summed E-state index contributed by atoms with van der Waals surface area (Å²) in [5.74, 6) is 1.60. The quantitative estimate of drug-likeness (QED) is 0.260. The van der Waals surface area contributed by atoms with Crippen molar-refractivity contribution in [2.75, 3.05) is 45.8 Å². The lowest BCUT2D eigenvalue weighted by atomic mass is 10.1. The minimum absolute atomic E-state index is 0.0854. The highest BCUT2D eigenvalue weighted by molar-refractivity contribution is 7.92. The number of nitrogens with zero attached hydrogens (tertiary/aromatic N) is 1. The van der Waals surface area contributed by atoms with Crippen LogP contribution in [0.4, 0.5) is 5.69 Å². The molecule has 0 fully saturated rings. The molecule has 0 aliphatic rings. The van der Waals surface area contributed by atoms with Gasteiger partial charge in [-0.15, -0.1) is 0 Å². The number of amides is 1. The number of hydrogen-bond acceptors (Lipinski definition) is 8. The third-order valence-corrected chi connectivity index (χ3v) is 7.90. The molecule has 10 nitrogen and oxygen atoms in total. The minimum atomic E-state index is -4.26. The number of sulfonamides is 1. The molecule has 0 bridgehead atoms. The Morgan fingerprint density at radius 1 is 0.805 bits per heavy atom. The summed E-state index contributed by atoms with van der Waals surface area (Å²) in [5.41, 5.74) is 1.26. The Hall–Kier alpha value is -4.12. The molecule has 0 radical (unpaired) electrons. The molecule has 3 rings (SSSR count). The molecular formula is C30H38N2O8S. The topological polar surface area (TPSA) is 113 Å². The summed E-state index contributed by atoms with van der Waals surface area (Å²) < 4.78 is 55.9. The molecule has 222 valence electrons. The van der Waals surface area contributed by atoms with Crippen molar-refractivity contribution in [3.8, 4) is 28.7 Å². The molecule has 1 N–H and O–H groups in total. The summed E-state index contributed by atoms with van der Waals surface area (Å²) in [5, 5.41) is 2.83. The molecule has 3 aromatic carbocycles. The fourth-order valence-corrected chi connectivity index (χ4v) is 5.55. The molecule has 41 heavy (non-hydrogen) atoms. The van der Waals surface area contributed by atoms with Crippen molar-refractivity contribution in [1.29, 1.82) is 0 Å². The van der Waals surface area contributed by atoms with Crippen LogP contribution >= 0.6 is 0 Å². The van der Waals surface area contributed by atoms with E-state index in [4.69, 9.17) is 23.7 Å². The normalized spacial score (nSPS) is 11.1. The van der Waals surface area contributed by atoms with Crippen molar-refractivity contribution in [1.82, 2.24) is 5.32 Å². The van der Waals surface area contributed by atoms with E-state index in [0.717, 1.165) is 22.0 Å². The lowest BCUT2D eigenvalue weighted by Crippen LogP contribution is -2.41. The predicted molar refractivity (Wildman–Crippen MR) is 157 cm³/mol. The summed E-state index contributed by atoms with van der Waals surface area (Å²) in [4.78, 5) is 13.0. The first kappa shape index (κ1) is 31.4. The first-order valence-electron chi connectivity index (χ1n) is 13.1. The van der Waals surface area contributed by atoms with E-state index in [9.17, 15) is 13.2 Å². The molecule has 0 saturated heterocycles. The number of methoxy groups -OCH3 is 4. The van der Waals surface area contributed by atoms with E-state index in [0.29, 0.717) is 24.5 Å². The van der Waals surface area contributed by atoms with Gasteiger partial charge in [-0.3, -0.25) is 9.10 Å². The molecule has 3 aromatic rings. The van der Waals surface area contributed by atoms with E-state index in [1.165, 1.54) is 52.7 Å². The van der Waals surface area contributed by atoms with Crippen molar-refractivity contribution in [3.05, 3.63) is 66.2 Å². The Kier molecular flexibility index (Phi) is 11.1. The van der Waals surface area contributed by atoms with Gasteiger partial charge in [0.05, 0.1) is 45.1 Å². The van der Waals surface area contributed by atoms with Crippen molar-refractivity contribution < 1.29 is 36.9 Å². The Morgan fingerprint density at radius 3 is 2.05 bits per heavy atom. The predicted octanol–water partition coefficient (Wildman–Crippen LogP) is 4.45. The maximum atomic E-state index is 14.0. The van der Waals surface area contributed by atoms with Gasteiger partial charge in [-0.2, -0.15) is 0 Å². The highest BCUT2D eigenvalue weighted by atomic mass is 32.2. The van der Waals surface area contributed by atoms with Crippen LogP contribution in [-0.2, 0) is 21.2 Å². The second-order valence-corrected chi connectivity index (χ2v) is 11.2. The molecule has 0 aliphatic carbocycles. The standard InChI is InChI=1S/C30H38N2O8S/c1-21(2)40-23-11-9-22(10-12-23)8-7-17-31-30(33)20-32(26-18-24(36-3)13-15-27(26)37-4)41(34,35)25-14-16-28(38-5)29(19-25)39-6/h9-16,18-19,21H,7-8,17,20H2,1-6H3,(H,31,33). The lowest BCUT2D eigenvalue weighted by Gasteiger charge is -2.26. The fourth-order valence-electron chi connectivity index (χ4n) is 4.11. The van der Waals surface area contributed by atoms with Crippen molar-refractivity contribution in [3.63, 3.8) is 0 Å². The molecule has 0 aliphatic heterocycles. The zero-order valence-corrected chi connectivity index (χ0v) is 25.1. The van der Waals surface area contributed by atoms with Crippen molar-refractivity contribution in [2.24, 2.45) is 0 Å². The maximum absolute atomic E-state index is 14.0. The van der Waals surface area contributed by atoms with E-state index >= 15 is 0 Å². The zero-order chi connectivity index (χ0) is 30.0. The molecule has 1 amide bonds. The molecular weight excluding hydrogens is 548 g/mol. The van der Waals surface area contributed by atoms with Crippen LogP contribution in [0.3, 0.4) is 0 Å². The van der Waals surface area contributed by atoms with Crippen LogP contribution in [0.15, 0.2) is 65.6 Å². The minimum Gasteiger partial charge on any atom is -0.497 e. The van der Waals surface area contributed by atoms with Gasteiger partial charge in [0.25, 0.3) is 10.0 Å². The van der Waals surface area contributed by atoms with Gasteiger partial charge in [0.2, 0.25) is 5.91 Å².